The number of hydrogen-bond acceptors (Lipinski definition) is 3. The van der Waals surface area contributed by atoms with Crippen LogP contribution in [0.4, 0.5) is 5.69 Å². The van der Waals surface area contributed by atoms with Crippen LogP contribution in [0.2, 0.25) is 0 Å². The molecule has 4 nitrogen and oxygen atoms in total. The summed E-state index contributed by atoms with van der Waals surface area (Å²) < 4.78 is 0. The first-order valence-corrected chi connectivity index (χ1v) is 5.16. The fourth-order valence-corrected chi connectivity index (χ4v) is 2.22. The monoisotopic (exact) mass is 242 g/mol. The van der Waals surface area contributed by atoms with E-state index in [1.807, 2.05) is 6.07 Å². The smallest absolute Gasteiger partial charge is 0.269 e. The number of nitro benzene ring substituents is 1. The van der Waals surface area contributed by atoms with Crippen LogP contribution >= 0.6 is 12.4 Å². The minimum Gasteiger partial charge on any atom is -0.321 e. The van der Waals surface area contributed by atoms with Gasteiger partial charge in [0.25, 0.3) is 5.69 Å². The maximum absolute atomic E-state index is 10.6. The van der Waals surface area contributed by atoms with Crippen molar-refractivity contribution in [2.75, 3.05) is 0 Å². The SMILES string of the molecule is Cl.NC1(c2cccc([N+](=O)[O-])c2)CCCC1. The van der Waals surface area contributed by atoms with Crippen molar-refractivity contribution in [3.05, 3.63) is 39.9 Å². The van der Waals surface area contributed by atoms with Gasteiger partial charge in [0.15, 0.2) is 0 Å². The van der Waals surface area contributed by atoms with E-state index in [9.17, 15) is 10.1 Å². The van der Waals surface area contributed by atoms with E-state index < -0.39 is 0 Å². The van der Waals surface area contributed by atoms with E-state index in [-0.39, 0.29) is 28.6 Å². The van der Waals surface area contributed by atoms with Crippen molar-refractivity contribution in [2.24, 2.45) is 5.73 Å². The Bertz CT molecular complexity index is 389. The second-order valence-electron chi connectivity index (χ2n) is 4.17. The van der Waals surface area contributed by atoms with Crippen molar-refractivity contribution in [1.29, 1.82) is 0 Å². The molecule has 0 bridgehead atoms. The lowest BCUT2D eigenvalue weighted by Gasteiger charge is -2.23. The van der Waals surface area contributed by atoms with Crippen molar-refractivity contribution >= 4 is 18.1 Å². The van der Waals surface area contributed by atoms with Gasteiger partial charge in [0.1, 0.15) is 0 Å². The average molecular weight is 243 g/mol. The molecule has 0 saturated heterocycles. The van der Waals surface area contributed by atoms with Crippen LogP contribution in [0.1, 0.15) is 31.2 Å². The lowest BCUT2D eigenvalue weighted by molar-refractivity contribution is -0.385. The highest BCUT2D eigenvalue weighted by molar-refractivity contribution is 5.85. The van der Waals surface area contributed by atoms with Crippen LogP contribution in [0, 0.1) is 10.1 Å². The van der Waals surface area contributed by atoms with Gasteiger partial charge in [-0.2, -0.15) is 0 Å². The molecule has 5 heteroatoms. The molecule has 1 aromatic carbocycles. The molecule has 1 saturated carbocycles. The number of nitrogens with zero attached hydrogens (tertiary/aromatic N) is 1. The zero-order valence-electron chi connectivity index (χ0n) is 8.89. The molecule has 0 aliphatic heterocycles. The number of benzene rings is 1. The average Bonchev–Trinajstić information content (AvgIpc) is 2.67. The minimum absolute atomic E-state index is 0. The molecular formula is C11H15ClN2O2. The van der Waals surface area contributed by atoms with Crippen LogP contribution in [0.15, 0.2) is 24.3 Å². The summed E-state index contributed by atoms with van der Waals surface area (Å²) >= 11 is 0. The summed E-state index contributed by atoms with van der Waals surface area (Å²) in [6.45, 7) is 0. The summed E-state index contributed by atoms with van der Waals surface area (Å²) in [4.78, 5) is 10.3. The molecule has 2 rings (SSSR count). The van der Waals surface area contributed by atoms with Gasteiger partial charge in [-0.15, -0.1) is 12.4 Å². The number of hydrogen-bond donors (Lipinski definition) is 1. The summed E-state index contributed by atoms with van der Waals surface area (Å²) in [7, 11) is 0. The highest BCUT2D eigenvalue weighted by Crippen LogP contribution is 2.37. The van der Waals surface area contributed by atoms with Crippen molar-refractivity contribution in [1.82, 2.24) is 0 Å². The van der Waals surface area contributed by atoms with Gasteiger partial charge in [-0.1, -0.05) is 25.0 Å². The molecule has 0 aromatic heterocycles. The number of non-ortho nitro benzene ring substituents is 1. The van der Waals surface area contributed by atoms with Crippen LogP contribution in [0.3, 0.4) is 0 Å². The number of rotatable bonds is 2. The van der Waals surface area contributed by atoms with E-state index >= 15 is 0 Å². The molecule has 0 radical (unpaired) electrons. The van der Waals surface area contributed by atoms with Crippen molar-refractivity contribution in [3.63, 3.8) is 0 Å². The zero-order chi connectivity index (χ0) is 10.9. The molecule has 0 heterocycles. The third-order valence-electron chi connectivity index (χ3n) is 3.13. The molecule has 1 aliphatic carbocycles. The van der Waals surface area contributed by atoms with Crippen LogP contribution in [0.25, 0.3) is 0 Å². The minimum atomic E-state index is -0.373. The Morgan fingerprint density at radius 2 is 1.94 bits per heavy atom. The summed E-state index contributed by atoms with van der Waals surface area (Å²) in [6, 6.07) is 6.70. The molecule has 0 atom stereocenters. The standard InChI is InChI=1S/C11H14N2O2.ClH/c12-11(6-1-2-7-11)9-4-3-5-10(8-9)13(14)15;/h3-5,8H,1-2,6-7,12H2;1H. The maximum atomic E-state index is 10.6. The van der Waals surface area contributed by atoms with Crippen molar-refractivity contribution < 1.29 is 4.92 Å². The van der Waals surface area contributed by atoms with E-state index in [1.165, 1.54) is 6.07 Å². The largest absolute Gasteiger partial charge is 0.321 e. The fourth-order valence-electron chi connectivity index (χ4n) is 2.22. The topological polar surface area (TPSA) is 69.2 Å². The molecule has 0 unspecified atom stereocenters. The van der Waals surface area contributed by atoms with Crippen LogP contribution in [-0.2, 0) is 5.54 Å². The fraction of sp³-hybridized carbons (Fsp3) is 0.455. The normalized spacial score (nSPS) is 17.8. The van der Waals surface area contributed by atoms with Crippen molar-refractivity contribution in [2.45, 2.75) is 31.2 Å². The van der Waals surface area contributed by atoms with Gasteiger partial charge in [0, 0.05) is 17.7 Å². The maximum Gasteiger partial charge on any atom is 0.269 e. The number of halogens is 1. The molecule has 1 fully saturated rings. The highest BCUT2D eigenvalue weighted by Gasteiger charge is 2.31. The van der Waals surface area contributed by atoms with Crippen LogP contribution in [0.5, 0.6) is 0 Å². The summed E-state index contributed by atoms with van der Waals surface area (Å²) in [6.07, 6.45) is 4.07. The molecule has 16 heavy (non-hydrogen) atoms. The second kappa shape index (κ2) is 4.80. The predicted molar refractivity (Wildman–Crippen MR) is 64.7 cm³/mol. The molecule has 0 spiro atoms. The Balaban J connectivity index is 0.00000128. The summed E-state index contributed by atoms with van der Waals surface area (Å²) in [5.74, 6) is 0. The first-order chi connectivity index (χ1) is 7.12. The number of nitrogens with two attached hydrogens (primary N) is 1. The third-order valence-corrected chi connectivity index (χ3v) is 3.13. The van der Waals surface area contributed by atoms with E-state index in [4.69, 9.17) is 5.73 Å². The Labute approximate surface area is 100 Å². The van der Waals surface area contributed by atoms with Gasteiger partial charge in [-0.05, 0) is 18.4 Å². The quantitative estimate of drug-likeness (QED) is 0.640. The third kappa shape index (κ3) is 2.33. The highest BCUT2D eigenvalue weighted by atomic mass is 35.5. The molecule has 2 N–H and O–H groups in total. The van der Waals surface area contributed by atoms with Gasteiger partial charge >= 0.3 is 0 Å². The lowest BCUT2D eigenvalue weighted by Crippen LogP contribution is -2.32. The van der Waals surface area contributed by atoms with Crippen molar-refractivity contribution in [3.8, 4) is 0 Å². The van der Waals surface area contributed by atoms with Gasteiger partial charge in [0.05, 0.1) is 4.92 Å². The van der Waals surface area contributed by atoms with E-state index in [2.05, 4.69) is 0 Å². The van der Waals surface area contributed by atoms with E-state index in [0.29, 0.717) is 0 Å². The second-order valence-corrected chi connectivity index (χ2v) is 4.17. The summed E-state index contributed by atoms with van der Waals surface area (Å²) in [5, 5.41) is 10.6. The van der Waals surface area contributed by atoms with Gasteiger partial charge in [-0.25, -0.2) is 0 Å². The van der Waals surface area contributed by atoms with Gasteiger partial charge < -0.3 is 5.73 Å². The number of nitro groups is 1. The van der Waals surface area contributed by atoms with Crippen LogP contribution < -0.4 is 5.73 Å². The van der Waals surface area contributed by atoms with E-state index in [1.54, 1.807) is 12.1 Å². The summed E-state index contributed by atoms with van der Waals surface area (Å²) in [5.41, 5.74) is 6.91. The Hall–Kier alpha value is -1.13. The predicted octanol–water partition coefficient (Wildman–Crippen LogP) is 2.74. The zero-order valence-corrected chi connectivity index (χ0v) is 9.70. The first-order valence-electron chi connectivity index (χ1n) is 5.16. The Morgan fingerprint density at radius 1 is 1.31 bits per heavy atom. The molecule has 88 valence electrons. The van der Waals surface area contributed by atoms with Gasteiger partial charge in [0.2, 0.25) is 0 Å². The van der Waals surface area contributed by atoms with Gasteiger partial charge in [-0.3, -0.25) is 10.1 Å². The molecule has 1 aromatic rings. The first kappa shape index (κ1) is 12.9. The molecule has 0 amide bonds. The molecule has 1 aliphatic rings. The Kier molecular flexibility index (Phi) is 3.88. The van der Waals surface area contributed by atoms with E-state index in [0.717, 1.165) is 31.2 Å². The lowest BCUT2D eigenvalue weighted by atomic mass is 9.89. The van der Waals surface area contributed by atoms with Crippen LogP contribution in [-0.4, -0.2) is 4.92 Å². The molecular weight excluding hydrogens is 228 g/mol. The Morgan fingerprint density at radius 3 is 2.50 bits per heavy atom.